The number of allylic oxidation sites excluding steroid dienone is 16. The Morgan fingerprint density at radius 1 is 0.266 bits per heavy atom. The van der Waals surface area contributed by atoms with Gasteiger partial charge in [-0.3, -0.25) is 14.4 Å². The number of hydrogen-bond donors (Lipinski definition) is 0. The van der Waals surface area contributed by atoms with Crippen molar-refractivity contribution in [3.63, 3.8) is 0 Å². The minimum atomic E-state index is -0.787. The summed E-state index contributed by atoms with van der Waals surface area (Å²) in [6, 6.07) is 0. The molecule has 0 spiro atoms. The molecule has 0 radical (unpaired) electrons. The van der Waals surface area contributed by atoms with Gasteiger partial charge in [-0.05, 0) is 122 Å². The van der Waals surface area contributed by atoms with E-state index in [1.165, 1.54) is 180 Å². The Morgan fingerprint density at radius 3 is 0.772 bits per heavy atom. The maximum Gasteiger partial charge on any atom is 0.306 e. The highest BCUT2D eigenvalue weighted by atomic mass is 16.6. The van der Waals surface area contributed by atoms with Gasteiger partial charge in [-0.25, -0.2) is 0 Å². The summed E-state index contributed by atoms with van der Waals surface area (Å²) in [7, 11) is 0. The third-order valence-corrected chi connectivity index (χ3v) is 14.5. The zero-order valence-electron chi connectivity index (χ0n) is 52.1. The average Bonchev–Trinajstić information content (AvgIpc) is 3.45. The lowest BCUT2D eigenvalue weighted by Gasteiger charge is -2.18. The first-order chi connectivity index (χ1) is 39.0. The molecule has 0 heterocycles. The van der Waals surface area contributed by atoms with Crippen LogP contribution < -0.4 is 0 Å². The number of ether oxygens (including phenoxy) is 3. The second-order valence-corrected chi connectivity index (χ2v) is 22.3. The van der Waals surface area contributed by atoms with Gasteiger partial charge in [0.2, 0.25) is 0 Å². The summed E-state index contributed by atoms with van der Waals surface area (Å²) in [5.41, 5.74) is 0. The summed E-state index contributed by atoms with van der Waals surface area (Å²) in [6.07, 6.45) is 89.9. The van der Waals surface area contributed by atoms with E-state index in [0.29, 0.717) is 19.3 Å². The normalized spacial score (nSPS) is 12.7. The number of carbonyl (C=O) groups is 3. The van der Waals surface area contributed by atoms with Gasteiger partial charge in [-0.1, -0.05) is 285 Å². The van der Waals surface area contributed by atoms with Crippen molar-refractivity contribution in [1.82, 2.24) is 0 Å². The van der Waals surface area contributed by atoms with E-state index in [0.717, 1.165) is 109 Å². The first-order valence-corrected chi connectivity index (χ1v) is 33.7. The van der Waals surface area contributed by atoms with Crippen molar-refractivity contribution in [2.75, 3.05) is 13.2 Å². The minimum Gasteiger partial charge on any atom is -0.462 e. The van der Waals surface area contributed by atoms with Crippen molar-refractivity contribution in [3.05, 3.63) is 97.2 Å². The summed E-state index contributed by atoms with van der Waals surface area (Å²) < 4.78 is 17.0. The lowest BCUT2D eigenvalue weighted by molar-refractivity contribution is -0.167. The first kappa shape index (κ1) is 75.3. The quantitative estimate of drug-likeness (QED) is 0.0261. The van der Waals surface area contributed by atoms with Crippen molar-refractivity contribution in [2.45, 2.75) is 335 Å². The molecule has 79 heavy (non-hydrogen) atoms. The zero-order chi connectivity index (χ0) is 57.1. The van der Waals surface area contributed by atoms with Crippen molar-refractivity contribution >= 4 is 17.9 Å². The Kier molecular flexibility index (Phi) is 63.7. The largest absolute Gasteiger partial charge is 0.462 e. The summed E-state index contributed by atoms with van der Waals surface area (Å²) in [5.74, 6) is -0.888. The van der Waals surface area contributed by atoms with E-state index in [9.17, 15) is 14.4 Å². The fourth-order valence-corrected chi connectivity index (χ4v) is 9.50. The Labute approximate surface area is 489 Å². The number of esters is 3. The SMILES string of the molecule is CC/C=C\C/C=C\C/C=C\C/C=C\CCCCCCCCCCCCCCCCC(=O)OCC(COC(=O)CCCCCCC/C=C\C/C=C\CCCCC)OC(=O)CCCCCCCCCCC/C=C\C/C=C\CCCCC. The van der Waals surface area contributed by atoms with Gasteiger partial charge in [-0.2, -0.15) is 0 Å². The highest BCUT2D eigenvalue weighted by Gasteiger charge is 2.19. The molecule has 0 bridgehead atoms. The highest BCUT2D eigenvalue weighted by Crippen LogP contribution is 2.17. The van der Waals surface area contributed by atoms with Crippen LogP contribution >= 0.6 is 0 Å². The molecule has 0 fully saturated rings. The third-order valence-electron chi connectivity index (χ3n) is 14.5. The number of unbranched alkanes of at least 4 members (excludes halogenated alkanes) is 34. The van der Waals surface area contributed by atoms with Gasteiger partial charge >= 0.3 is 17.9 Å². The Morgan fingerprint density at radius 2 is 0.494 bits per heavy atom. The molecular weight excluding hydrogens is 973 g/mol. The second-order valence-electron chi connectivity index (χ2n) is 22.3. The van der Waals surface area contributed by atoms with Crippen LogP contribution in [-0.2, 0) is 28.6 Å². The molecule has 0 aliphatic rings. The fraction of sp³-hybridized carbons (Fsp3) is 0.740. The third kappa shape index (κ3) is 65.0. The van der Waals surface area contributed by atoms with E-state index < -0.39 is 6.10 Å². The van der Waals surface area contributed by atoms with Crippen LogP contribution in [0.25, 0.3) is 0 Å². The number of rotatable bonds is 61. The van der Waals surface area contributed by atoms with E-state index in [1.54, 1.807) is 0 Å². The molecule has 0 amide bonds. The molecule has 0 saturated carbocycles. The second kappa shape index (κ2) is 66.8. The van der Waals surface area contributed by atoms with Crippen LogP contribution in [0.3, 0.4) is 0 Å². The molecule has 0 aliphatic heterocycles. The van der Waals surface area contributed by atoms with E-state index in [-0.39, 0.29) is 31.1 Å². The molecule has 454 valence electrons. The summed E-state index contributed by atoms with van der Waals surface area (Å²) in [6.45, 7) is 6.50. The van der Waals surface area contributed by atoms with Gasteiger partial charge in [0.05, 0.1) is 0 Å². The van der Waals surface area contributed by atoms with Crippen LogP contribution in [0.2, 0.25) is 0 Å². The maximum absolute atomic E-state index is 12.9. The first-order valence-electron chi connectivity index (χ1n) is 33.7. The maximum atomic E-state index is 12.9. The molecule has 0 aromatic rings. The molecule has 0 aromatic heterocycles. The Bertz CT molecular complexity index is 1540. The molecule has 0 N–H and O–H groups in total. The average molecular weight is 1100 g/mol. The van der Waals surface area contributed by atoms with Gasteiger partial charge in [0.15, 0.2) is 6.10 Å². The van der Waals surface area contributed by atoms with Crippen LogP contribution in [0.4, 0.5) is 0 Å². The van der Waals surface area contributed by atoms with Crippen LogP contribution in [0.5, 0.6) is 0 Å². The predicted octanol–water partition coefficient (Wildman–Crippen LogP) is 23.2. The molecular formula is C73H126O6. The van der Waals surface area contributed by atoms with Crippen LogP contribution in [0.1, 0.15) is 329 Å². The number of hydrogen-bond acceptors (Lipinski definition) is 6. The fourth-order valence-electron chi connectivity index (χ4n) is 9.50. The molecule has 0 aromatic carbocycles. The van der Waals surface area contributed by atoms with Gasteiger partial charge in [-0.15, -0.1) is 0 Å². The van der Waals surface area contributed by atoms with Crippen molar-refractivity contribution in [1.29, 1.82) is 0 Å². The number of carbonyl (C=O) groups excluding carboxylic acids is 3. The topological polar surface area (TPSA) is 78.9 Å². The lowest BCUT2D eigenvalue weighted by atomic mass is 10.0. The lowest BCUT2D eigenvalue weighted by Crippen LogP contribution is -2.30. The zero-order valence-corrected chi connectivity index (χ0v) is 52.1. The summed E-state index contributed by atoms with van der Waals surface area (Å²) in [4.78, 5) is 38.4. The van der Waals surface area contributed by atoms with Crippen LogP contribution in [0, 0.1) is 0 Å². The monoisotopic (exact) mass is 1100 g/mol. The molecule has 1 unspecified atom stereocenters. The molecule has 0 rings (SSSR count). The van der Waals surface area contributed by atoms with E-state index >= 15 is 0 Å². The summed E-state index contributed by atoms with van der Waals surface area (Å²) >= 11 is 0. The standard InChI is InChI=1S/C73H126O6/c1-4-7-10-13-16-19-22-25-28-30-32-33-34-35-36-37-38-39-41-42-45-48-51-54-57-60-63-66-72(75)78-69-70(68-77-71(74)65-62-59-56-53-50-47-44-27-24-21-18-15-12-9-6-3)79-73(76)67-64-61-58-55-52-49-46-43-40-31-29-26-23-20-17-14-11-8-5-2/h7,10,16-21,25-29,32-33,44,70H,4-6,8-9,11-15,22-24,30-31,34-43,45-69H2,1-3H3/b10-7-,19-16-,20-17-,21-18-,28-25-,29-26-,33-32-,44-27-. The van der Waals surface area contributed by atoms with Gasteiger partial charge < -0.3 is 14.2 Å². The Hall–Kier alpha value is -3.67. The van der Waals surface area contributed by atoms with E-state index in [1.807, 2.05) is 0 Å². The van der Waals surface area contributed by atoms with Gasteiger partial charge in [0.1, 0.15) is 13.2 Å². The van der Waals surface area contributed by atoms with E-state index in [4.69, 9.17) is 14.2 Å². The predicted molar refractivity (Wildman–Crippen MR) is 344 cm³/mol. The summed E-state index contributed by atoms with van der Waals surface area (Å²) in [5, 5.41) is 0. The minimum absolute atomic E-state index is 0.0823. The van der Waals surface area contributed by atoms with Gasteiger partial charge in [0, 0.05) is 19.3 Å². The van der Waals surface area contributed by atoms with E-state index in [2.05, 4.69) is 118 Å². The Balaban J connectivity index is 4.31. The van der Waals surface area contributed by atoms with Crippen molar-refractivity contribution < 1.29 is 28.6 Å². The molecule has 6 heteroatoms. The van der Waals surface area contributed by atoms with Crippen LogP contribution in [0.15, 0.2) is 97.2 Å². The van der Waals surface area contributed by atoms with Crippen molar-refractivity contribution in [2.24, 2.45) is 0 Å². The van der Waals surface area contributed by atoms with Crippen LogP contribution in [-0.4, -0.2) is 37.2 Å². The molecule has 6 nitrogen and oxygen atoms in total. The highest BCUT2D eigenvalue weighted by molar-refractivity contribution is 5.71. The molecule has 1 atom stereocenters. The van der Waals surface area contributed by atoms with Gasteiger partial charge in [0.25, 0.3) is 0 Å². The smallest absolute Gasteiger partial charge is 0.306 e. The molecule has 0 aliphatic carbocycles. The van der Waals surface area contributed by atoms with Crippen molar-refractivity contribution in [3.8, 4) is 0 Å². The molecule has 0 saturated heterocycles.